The molecule has 0 spiro atoms. The summed E-state index contributed by atoms with van der Waals surface area (Å²) in [6, 6.07) is 19.5. The first-order valence-electron chi connectivity index (χ1n) is 13.9. The van der Waals surface area contributed by atoms with Crippen LogP contribution in [0.5, 0.6) is 11.5 Å². The number of hydrogen-bond donors (Lipinski definition) is 1. The van der Waals surface area contributed by atoms with Crippen LogP contribution in [0.3, 0.4) is 0 Å². The number of para-hydroxylation sites is 2. The maximum atomic E-state index is 14.2. The molecule has 42 heavy (non-hydrogen) atoms. The number of rotatable bonds is 14. The SMILES string of the molecule is CC[C@H](C(=O)NCC(C)C)N(Cc1ccc(OC)cc1)C(=O)CN(c1ccccc1OC)S(=O)(=O)c1ccc(C)cc1. The molecule has 0 saturated heterocycles. The van der Waals surface area contributed by atoms with E-state index in [4.69, 9.17) is 9.47 Å². The monoisotopic (exact) mass is 595 g/mol. The molecule has 226 valence electrons. The van der Waals surface area contributed by atoms with Crippen molar-refractivity contribution in [1.29, 1.82) is 0 Å². The fourth-order valence-corrected chi connectivity index (χ4v) is 5.88. The number of ether oxygens (including phenoxy) is 2. The van der Waals surface area contributed by atoms with Crippen LogP contribution in [-0.2, 0) is 26.2 Å². The predicted octanol–water partition coefficient (Wildman–Crippen LogP) is 4.79. The highest BCUT2D eigenvalue weighted by Crippen LogP contribution is 2.32. The Balaban J connectivity index is 2.08. The fourth-order valence-electron chi connectivity index (χ4n) is 4.46. The summed E-state index contributed by atoms with van der Waals surface area (Å²) in [4.78, 5) is 29.0. The van der Waals surface area contributed by atoms with Crippen molar-refractivity contribution in [3.05, 3.63) is 83.9 Å². The van der Waals surface area contributed by atoms with Crippen LogP contribution in [0.25, 0.3) is 0 Å². The Bertz CT molecular complexity index is 1440. The highest BCUT2D eigenvalue weighted by atomic mass is 32.2. The van der Waals surface area contributed by atoms with Gasteiger partial charge in [-0.1, -0.05) is 62.7 Å². The molecular formula is C32H41N3O6S. The Morgan fingerprint density at radius 2 is 1.55 bits per heavy atom. The van der Waals surface area contributed by atoms with E-state index >= 15 is 0 Å². The van der Waals surface area contributed by atoms with Crippen molar-refractivity contribution in [1.82, 2.24) is 10.2 Å². The number of methoxy groups -OCH3 is 2. The topological polar surface area (TPSA) is 105 Å². The standard InChI is InChI=1S/C32H41N3O6S/c1-7-28(32(37)33-20-23(2)3)34(21-25-14-16-26(40-5)17-15-25)31(36)22-35(29-10-8-9-11-30(29)41-6)42(38,39)27-18-12-24(4)13-19-27/h8-19,23,28H,7,20-22H2,1-6H3,(H,33,37)/t28-/m1/s1. The Morgan fingerprint density at radius 3 is 2.12 bits per heavy atom. The number of benzene rings is 3. The van der Waals surface area contributed by atoms with Crippen LogP contribution in [0.1, 0.15) is 38.3 Å². The molecule has 2 amide bonds. The summed E-state index contributed by atoms with van der Waals surface area (Å²) < 4.78 is 39.9. The number of hydrogen-bond acceptors (Lipinski definition) is 6. The second-order valence-electron chi connectivity index (χ2n) is 10.4. The molecule has 0 fully saturated rings. The average Bonchev–Trinajstić information content (AvgIpc) is 2.99. The lowest BCUT2D eigenvalue weighted by atomic mass is 10.1. The Morgan fingerprint density at radius 1 is 0.905 bits per heavy atom. The molecule has 1 N–H and O–H groups in total. The maximum Gasteiger partial charge on any atom is 0.264 e. The van der Waals surface area contributed by atoms with E-state index in [-0.39, 0.29) is 29.0 Å². The molecule has 0 unspecified atom stereocenters. The van der Waals surface area contributed by atoms with E-state index in [2.05, 4.69) is 5.32 Å². The normalized spacial score (nSPS) is 12.0. The second kappa shape index (κ2) is 14.7. The van der Waals surface area contributed by atoms with E-state index in [0.29, 0.717) is 24.5 Å². The molecule has 0 bridgehead atoms. The van der Waals surface area contributed by atoms with Gasteiger partial charge < -0.3 is 19.7 Å². The summed E-state index contributed by atoms with van der Waals surface area (Å²) in [6.45, 7) is 7.68. The minimum Gasteiger partial charge on any atom is -0.497 e. The van der Waals surface area contributed by atoms with Gasteiger partial charge in [0.25, 0.3) is 10.0 Å². The van der Waals surface area contributed by atoms with Gasteiger partial charge in [0.15, 0.2) is 0 Å². The number of carbonyl (C=O) groups excluding carboxylic acids is 2. The number of amides is 2. The first-order chi connectivity index (χ1) is 20.0. The molecule has 3 aromatic rings. The number of nitrogens with one attached hydrogen (secondary N) is 1. The van der Waals surface area contributed by atoms with Crippen molar-refractivity contribution >= 4 is 27.5 Å². The molecule has 10 heteroatoms. The van der Waals surface area contributed by atoms with Gasteiger partial charge in [0.1, 0.15) is 24.1 Å². The van der Waals surface area contributed by atoms with Gasteiger partial charge in [0, 0.05) is 13.1 Å². The molecule has 0 aliphatic carbocycles. The van der Waals surface area contributed by atoms with Gasteiger partial charge in [0.05, 0.1) is 24.8 Å². The molecule has 0 saturated carbocycles. The van der Waals surface area contributed by atoms with Crippen LogP contribution in [0, 0.1) is 12.8 Å². The van der Waals surface area contributed by atoms with E-state index in [0.717, 1.165) is 15.4 Å². The van der Waals surface area contributed by atoms with Gasteiger partial charge in [-0.05, 0) is 61.2 Å². The molecule has 0 aliphatic rings. The van der Waals surface area contributed by atoms with Crippen LogP contribution in [0.15, 0.2) is 77.7 Å². The third-order valence-corrected chi connectivity index (χ3v) is 8.60. The van der Waals surface area contributed by atoms with Gasteiger partial charge in [-0.3, -0.25) is 13.9 Å². The zero-order chi connectivity index (χ0) is 30.9. The van der Waals surface area contributed by atoms with E-state index in [1.54, 1.807) is 55.6 Å². The van der Waals surface area contributed by atoms with E-state index in [1.807, 2.05) is 39.8 Å². The smallest absolute Gasteiger partial charge is 0.264 e. The van der Waals surface area contributed by atoms with Gasteiger partial charge in [-0.25, -0.2) is 8.42 Å². The van der Waals surface area contributed by atoms with Crippen LogP contribution in [-0.4, -0.2) is 58.5 Å². The zero-order valence-electron chi connectivity index (χ0n) is 25.2. The lowest BCUT2D eigenvalue weighted by Gasteiger charge is -2.33. The molecule has 0 radical (unpaired) electrons. The molecule has 0 heterocycles. The van der Waals surface area contributed by atoms with Gasteiger partial charge in [0.2, 0.25) is 11.8 Å². The Kier molecular flexibility index (Phi) is 11.4. The maximum absolute atomic E-state index is 14.2. The third-order valence-electron chi connectivity index (χ3n) is 6.82. The van der Waals surface area contributed by atoms with Crippen molar-refractivity contribution in [2.45, 2.75) is 51.6 Å². The molecule has 0 aliphatic heterocycles. The molecule has 9 nitrogen and oxygen atoms in total. The number of anilines is 1. The average molecular weight is 596 g/mol. The van der Waals surface area contributed by atoms with Crippen LogP contribution in [0.2, 0.25) is 0 Å². The Hall–Kier alpha value is -4.05. The second-order valence-corrected chi connectivity index (χ2v) is 12.3. The first-order valence-corrected chi connectivity index (χ1v) is 15.4. The molecule has 3 rings (SSSR count). The minimum absolute atomic E-state index is 0.0372. The number of nitrogens with zero attached hydrogens (tertiary/aromatic N) is 2. The van der Waals surface area contributed by atoms with Gasteiger partial charge in [-0.15, -0.1) is 0 Å². The Labute approximate surface area is 249 Å². The minimum atomic E-state index is -4.20. The van der Waals surface area contributed by atoms with E-state index in [9.17, 15) is 18.0 Å². The summed E-state index contributed by atoms with van der Waals surface area (Å²) in [5.41, 5.74) is 1.89. The first kappa shape index (κ1) is 32.5. The van der Waals surface area contributed by atoms with Crippen LogP contribution < -0.4 is 19.1 Å². The quantitative estimate of drug-likeness (QED) is 0.288. The van der Waals surface area contributed by atoms with E-state index in [1.165, 1.54) is 24.1 Å². The molecule has 3 aromatic carbocycles. The predicted molar refractivity (Wildman–Crippen MR) is 164 cm³/mol. The van der Waals surface area contributed by atoms with Crippen molar-refractivity contribution in [3.63, 3.8) is 0 Å². The van der Waals surface area contributed by atoms with Crippen LogP contribution in [0.4, 0.5) is 5.69 Å². The summed E-state index contributed by atoms with van der Waals surface area (Å²) in [6.07, 6.45) is 0.338. The molecule has 0 aromatic heterocycles. The van der Waals surface area contributed by atoms with Crippen molar-refractivity contribution in [2.24, 2.45) is 5.92 Å². The van der Waals surface area contributed by atoms with Crippen molar-refractivity contribution in [3.8, 4) is 11.5 Å². The summed E-state index contributed by atoms with van der Waals surface area (Å²) in [7, 11) is -1.19. The van der Waals surface area contributed by atoms with Crippen LogP contribution >= 0.6 is 0 Å². The number of sulfonamides is 1. The number of carbonyl (C=O) groups is 2. The summed E-state index contributed by atoms with van der Waals surface area (Å²) in [5, 5.41) is 2.93. The summed E-state index contributed by atoms with van der Waals surface area (Å²) >= 11 is 0. The highest BCUT2D eigenvalue weighted by molar-refractivity contribution is 7.92. The lowest BCUT2D eigenvalue weighted by Crippen LogP contribution is -2.52. The molecule has 1 atom stereocenters. The lowest BCUT2D eigenvalue weighted by molar-refractivity contribution is -0.140. The number of aryl methyl sites for hydroxylation is 1. The summed E-state index contributed by atoms with van der Waals surface area (Å²) in [5.74, 6) is 0.351. The van der Waals surface area contributed by atoms with E-state index < -0.39 is 28.5 Å². The van der Waals surface area contributed by atoms with Gasteiger partial charge in [-0.2, -0.15) is 0 Å². The largest absolute Gasteiger partial charge is 0.497 e. The third kappa shape index (κ3) is 8.03. The van der Waals surface area contributed by atoms with Crippen molar-refractivity contribution < 1.29 is 27.5 Å². The fraction of sp³-hybridized carbons (Fsp3) is 0.375. The van der Waals surface area contributed by atoms with Crippen molar-refractivity contribution in [2.75, 3.05) is 31.6 Å². The highest BCUT2D eigenvalue weighted by Gasteiger charge is 2.34. The molecular weight excluding hydrogens is 554 g/mol. The van der Waals surface area contributed by atoms with Gasteiger partial charge >= 0.3 is 0 Å². The zero-order valence-corrected chi connectivity index (χ0v) is 26.0.